The molecule has 0 N–H and O–H groups in total. The van der Waals surface area contributed by atoms with Crippen molar-refractivity contribution < 1.29 is 9.66 Å². The minimum absolute atomic E-state index is 0.00864. The van der Waals surface area contributed by atoms with E-state index in [-0.39, 0.29) is 11.6 Å². The zero-order chi connectivity index (χ0) is 14.5. The fourth-order valence-corrected chi connectivity index (χ4v) is 2.01. The van der Waals surface area contributed by atoms with Crippen molar-refractivity contribution >= 4 is 17.3 Å². The molecule has 0 aliphatic heterocycles. The summed E-state index contributed by atoms with van der Waals surface area (Å²) in [6.07, 6.45) is 0.963. The van der Waals surface area contributed by atoms with Crippen LogP contribution in [-0.2, 0) is 12.3 Å². The Kier molecular flexibility index (Phi) is 4.58. The van der Waals surface area contributed by atoms with Gasteiger partial charge in [0.05, 0.1) is 10.8 Å². The number of rotatable bonds is 5. The van der Waals surface area contributed by atoms with Gasteiger partial charge in [0.15, 0.2) is 0 Å². The van der Waals surface area contributed by atoms with Gasteiger partial charge in [-0.05, 0) is 30.2 Å². The smallest absolute Gasteiger partial charge is 0.270 e. The molecular weight excluding hydrogens is 278 g/mol. The van der Waals surface area contributed by atoms with E-state index in [1.54, 1.807) is 6.07 Å². The molecular formula is C15H14ClNO3. The predicted molar refractivity (Wildman–Crippen MR) is 78.5 cm³/mol. The van der Waals surface area contributed by atoms with E-state index in [0.717, 1.165) is 6.42 Å². The van der Waals surface area contributed by atoms with Crippen molar-refractivity contribution in [3.63, 3.8) is 0 Å². The number of nitro benzene ring substituents is 1. The monoisotopic (exact) mass is 291 g/mol. The van der Waals surface area contributed by atoms with Gasteiger partial charge in [-0.15, -0.1) is 11.6 Å². The van der Waals surface area contributed by atoms with Crippen LogP contribution >= 0.6 is 11.6 Å². The van der Waals surface area contributed by atoms with Crippen LogP contribution in [0.4, 0.5) is 5.69 Å². The molecule has 0 atom stereocenters. The van der Waals surface area contributed by atoms with Gasteiger partial charge in [-0.3, -0.25) is 10.1 Å². The number of nitro groups is 1. The van der Waals surface area contributed by atoms with Crippen molar-refractivity contribution in [3.05, 3.63) is 63.7 Å². The quantitative estimate of drug-likeness (QED) is 0.456. The number of halogens is 1. The van der Waals surface area contributed by atoms with E-state index in [1.165, 1.54) is 17.7 Å². The Labute approximate surface area is 122 Å². The maximum atomic E-state index is 10.7. The van der Waals surface area contributed by atoms with Gasteiger partial charge in [-0.1, -0.05) is 19.1 Å². The van der Waals surface area contributed by atoms with Crippen molar-refractivity contribution in [2.75, 3.05) is 0 Å². The summed E-state index contributed by atoms with van der Waals surface area (Å²) in [7, 11) is 0. The highest BCUT2D eigenvalue weighted by atomic mass is 35.5. The largest absolute Gasteiger partial charge is 0.457 e. The van der Waals surface area contributed by atoms with Crippen LogP contribution in [0.25, 0.3) is 0 Å². The SMILES string of the molecule is CCc1ccc(Oc2ccc([N+](=O)[O-])cc2CCl)cc1. The number of hydrogen-bond acceptors (Lipinski definition) is 3. The fourth-order valence-electron chi connectivity index (χ4n) is 1.80. The van der Waals surface area contributed by atoms with Crippen molar-refractivity contribution in [1.82, 2.24) is 0 Å². The molecule has 104 valence electrons. The number of benzene rings is 2. The molecule has 0 heterocycles. The third kappa shape index (κ3) is 3.27. The van der Waals surface area contributed by atoms with Crippen molar-refractivity contribution in [2.24, 2.45) is 0 Å². The number of alkyl halides is 1. The molecule has 0 saturated heterocycles. The van der Waals surface area contributed by atoms with Crippen LogP contribution in [0.2, 0.25) is 0 Å². The van der Waals surface area contributed by atoms with Crippen LogP contribution in [0.5, 0.6) is 11.5 Å². The van der Waals surface area contributed by atoms with Gasteiger partial charge in [0.25, 0.3) is 5.69 Å². The van der Waals surface area contributed by atoms with Crippen molar-refractivity contribution in [3.8, 4) is 11.5 Å². The van der Waals surface area contributed by atoms with E-state index in [9.17, 15) is 10.1 Å². The van der Waals surface area contributed by atoms with E-state index in [2.05, 4.69) is 6.92 Å². The number of aryl methyl sites for hydroxylation is 1. The molecule has 0 aliphatic rings. The van der Waals surface area contributed by atoms with E-state index >= 15 is 0 Å². The molecule has 0 radical (unpaired) electrons. The highest BCUT2D eigenvalue weighted by molar-refractivity contribution is 6.17. The molecule has 2 rings (SSSR count). The summed E-state index contributed by atoms with van der Waals surface area (Å²) < 4.78 is 5.73. The normalized spacial score (nSPS) is 10.3. The van der Waals surface area contributed by atoms with Crippen LogP contribution in [-0.4, -0.2) is 4.92 Å². The third-order valence-corrected chi connectivity index (χ3v) is 3.25. The Hall–Kier alpha value is -2.07. The van der Waals surface area contributed by atoms with Crippen LogP contribution in [0.1, 0.15) is 18.1 Å². The second kappa shape index (κ2) is 6.39. The highest BCUT2D eigenvalue weighted by Gasteiger charge is 2.11. The third-order valence-electron chi connectivity index (χ3n) is 2.96. The Balaban J connectivity index is 2.25. The number of nitrogens with zero attached hydrogens (tertiary/aromatic N) is 1. The van der Waals surface area contributed by atoms with Gasteiger partial charge < -0.3 is 4.74 Å². The standard InChI is InChI=1S/C15H14ClNO3/c1-2-11-3-6-14(7-4-11)20-15-8-5-13(17(18)19)9-12(15)10-16/h3-9H,2,10H2,1H3. The van der Waals surface area contributed by atoms with Crippen molar-refractivity contribution in [1.29, 1.82) is 0 Å². The summed E-state index contributed by atoms with van der Waals surface area (Å²) in [4.78, 5) is 10.3. The molecule has 20 heavy (non-hydrogen) atoms. The lowest BCUT2D eigenvalue weighted by molar-refractivity contribution is -0.384. The first kappa shape index (κ1) is 14.3. The maximum Gasteiger partial charge on any atom is 0.270 e. The molecule has 0 aliphatic carbocycles. The lowest BCUT2D eigenvalue weighted by Crippen LogP contribution is -1.93. The average Bonchev–Trinajstić information content (AvgIpc) is 2.48. The molecule has 2 aromatic carbocycles. The molecule has 0 amide bonds. The van der Waals surface area contributed by atoms with Gasteiger partial charge in [0.1, 0.15) is 11.5 Å². The first-order valence-corrected chi connectivity index (χ1v) is 6.77. The Morgan fingerprint density at radius 3 is 2.45 bits per heavy atom. The minimum atomic E-state index is -0.449. The number of ether oxygens (including phenoxy) is 1. The summed E-state index contributed by atoms with van der Waals surface area (Å²) in [5.74, 6) is 1.38. The average molecular weight is 292 g/mol. The van der Waals surface area contributed by atoms with Crippen LogP contribution < -0.4 is 4.74 Å². The van der Waals surface area contributed by atoms with Gasteiger partial charge in [-0.2, -0.15) is 0 Å². The van der Waals surface area contributed by atoms with E-state index in [0.29, 0.717) is 17.1 Å². The second-order valence-corrected chi connectivity index (χ2v) is 4.55. The summed E-state index contributed by atoms with van der Waals surface area (Å²) >= 11 is 5.82. The minimum Gasteiger partial charge on any atom is -0.457 e. The number of hydrogen-bond donors (Lipinski definition) is 0. The maximum absolute atomic E-state index is 10.7. The fraction of sp³-hybridized carbons (Fsp3) is 0.200. The Bertz CT molecular complexity index is 611. The zero-order valence-corrected chi connectivity index (χ0v) is 11.8. The highest BCUT2D eigenvalue weighted by Crippen LogP contribution is 2.30. The molecule has 0 bridgehead atoms. The summed E-state index contributed by atoms with van der Waals surface area (Å²) in [5.41, 5.74) is 1.83. The first-order valence-electron chi connectivity index (χ1n) is 6.24. The van der Waals surface area contributed by atoms with Crippen LogP contribution in [0.15, 0.2) is 42.5 Å². The zero-order valence-electron chi connectivity index (χ0n) is 11.0. The van der Waals surface area contributed by atoms with Gasteiger partial charge in [0, 0.05) is 17.7 Å². The van der Waals surface area contributed by atoms with Crippen LogP contribution in [0, 0.1) is 10.1 Å². The van der Waals surface area contributed by atoms with Gasteiger partial charge in [0.2, 0.25) is 0 Å². The molecule has 0 saturated carbocycles. The van der Waals surface area contributed by atoms with Crippen molar-refractivity contribution in [2.45, 2.75) is 19.2 Å². The molecule has 5 heteroatoms. The van der Waals surface area contributed by atoms with E-state index in [4.69, 9.17) is 16.3 Å². The predicted octanol–water partition coefficient (Wildman–Crippen LogP) is 4.69. The number of non-ortho nitro benzene ring substituents is 1. The van der Waals surface area contributed by atoms with Crippen LogP contribution in [0.3, 0.4) is 0 Å². The summed E-state index contributed by atoms with van der Waals surface area (Å²) in [6, 6.07) is 12.1. The molecule has 0 aromatic heterocycles. The molecule has 2 aromatic rings. The Morgan fingerprint density at radius 1 is 1.20 bits per heavy atom. The molecule has 4 nitrogen and oxygen atoms in total. The van der Waals surface area contributed by atoms with E-state index < -0.39 is 4.92 Å². The first-order chi connectivity index (χ1) is 9.63. The van der Waals surface area contributed by atoms with E-state index in [1.807, 2.05) is 24.3 Å². The molecule has 0 spiro atoms. The summed E-state index contributed by atoms with van der Waals surface area (Å²) in [6.45, 7) is 2.08. The lowest BCUT2D eigenvalue weighted by Gasteiger charge is -2.09. The van der Waals surface area contributed by atoms with Gasteiger partial charge >= 0.3 is 0 Å². The molecule has 0 unspecified atom stereocenters. The lowest BCUT2D eigenvalue weighted by atomic mass is 10.1. The van der Waals surface area contributed by atoms with Gasteiger partial charge in [-0.25, -0.2) is 0 Å². The second-order valence-electron chi connectivity index (χ2n) is 4.28. The Morgan fingerprint density at radius 2 is 1.90 bits per heavy atom. The molecule has 0 fully saturated rings. The summed E-state index contributed by atoms with van der Waals surface area (Å²) in [5, 5.41) is 10.7. The topological polar surface area (TPSA) is 52.4 Å².